The summed E-state index contributed by atoms with van der Waals surface area (Å²) in [4.78, 5) is 29.5. The summed E-state index contributed by atoms with van der Waals surface area (Å²) in [5.41, 5.74) is 4.94. The van der Waals surface area contributed by atoms with Crippen molar-refractivity contribution in [2.24, 2.45) is 0 Å². The van der Waals surface area contributed by atoms with Crippen LogP contribution in [0.25, 0.3) is 0 Å². The Morgan fingerprint density at radius 3 is 2.00 bits per heavy atom. The summed E-state index contributed by atoms with van der Waals surface area (Å²) in [6.45, 7) is 9.47. The number of amides is 2. The fourth-order valence-electron chi connectivity index (χ4n) is 4.21. The first-order valence-corrected chi connectivity index (χ1v) is 11.9. The van der Waals surface area contributed by atoms with Gasteiger partial charge in [0, 0.05) is 43.1 Å². The second kappa shape index (κ2) is 10.1. The van der Waals surface area contributed by atoms with Gasteiger partial charge in [-0.25, -0.2) is 0 Å². The molecule has 0 saturated carbocycles. The lowest BCUT2D eigenvalue weighted by Crippen LogP contribution is -2.48. The zero-order valence-corrected chi connectivity index (χ0v) is 20.3. The smallest absolute Gasteiger partial charge is 0.253 e. The maximum Gasteiger partial charge on any atom is 0.253 e. The van der Waals surface area contributed by atoms with Crippen molar-refractivity contribution in [1.29, 1.82) is 0 Å². The van der Waals surface area contributed by atoms with Gasteiger partial charge in [0.2, 0.25) is 5.91 Å². The molecule has 34 heavy (non-hydrogen) atoms. The highest BCUT2D eigenvalue weighted by Gasteiger charge is 2.23. The van der Waals surface area contributed by atoms with Gasteiger partial charge in [0.05, 0.1) is 6.42 Å². The first-order valence-electron chi connectivity index (χ1n) is 11.9. The summed E-state index contributed by atoms with van der Waals surface area (Å²) in [7, 11) is 0. The standard InChI is InChI=1S/C29H33N3O2/c1-29(2,3)24-11-9-23(10-12-24)28(34)32-19-17-31(18-20-32)26-15-13-25(14-16-26)30-27(33)21-22-7-5-4-6-8-22/h4-16H,17-21H2,1-3H3,(H,30,33). The predicted octanol–water partition coefficient (Wildman–Crippen LogP) is 5.13. The maximum absolute atomic E-state index is 12.9. The molecule has 1 N–H and O–H groups in total. The molecule has 0 aliphatic carbocycles. The van der Waals surface area contributed by atoms with Crippen molar-refractivity contribution in [3.05, 3.63) is 95.6 Å². The summed E-state index contributed by atoms with van der Waals surface area (Å²) < 4.78 is 0. The SMILES string of the molecule is CC(C)(C)c1ccc(C(=O)N2CCN(c3ccc(NC(=O)Cc4ccccc4)cc3)CC2)cc1. The van der Waals surface area contributed by atoms with Gasteiger partial charge in [0.1, 0.15) is 0 Å². The monoisotopic (exact) mass is 455 g/mol. The minimum atomic E-state index is -0.0263. The number of piperazine rings is 1. The van der Waals surface area contributed by atoms with Crippen LogP contribution in [0.3, 0.4) is 0 Å². The lowest BCUT2D eigenvalue weighted by molar-refractivity contribution is -0.115. The van der Waals surface area contributed by atoms with Crippen LogP contribution in [-0.4, -0.2) is 42.9 Å². The topological polar surface area (TPSA) is 52.7 Å². The molecule has 0 aromatic heterocycles. The molecule has 1 saturated heterocycles. The van der Waals surface area contributed by atoms with Crippen molar-refractivity contribution in [2.45, 2.75) is 32.6 Å². The van der Waals surface area contributed by atoms with Crippen LogP contribution in [0.5, 0.6) is 0 Å². The molecule has 0 atom stereocenters. The molecular formula is C29H33N3O2. The molecular weight excluding hydrogens is 422 g/mol. The molecule has 0 radical (unpaired) electrons. The van der Waals surface area contributed by atoms with E-state index in [0.717, 1.165) is 35.6 Å². The first kappa shape index (κ1) is 23.6. The first-order chi connectivity index (χ1) is 16.3. The zero-order valence-electron chi connectivity index (χ0n) is 20.3. The average molecular weight is 456 g/mol. The van der Waals surface area contributed by atoms with Crippen LogP contribution in [0.2, 0.25) is 0 Å². The van der Waals surface area contributed by atoms with Gasteiger partial charge in [0.25, 0.3) is 5.91 Å². The van der Waals surface area contributed by atoms with E-state index in [1.807, 2.05) is 71.6 Å². The Labute approximate surface area is 202 Å². The average Bonchev–Trinajstić information content (AvgIpc) is 2.84. The molecule has 5 nitrogen and oxygen atoms in total. The van der Waals surface area contributed by atoms with E-state index >= 15 is 0 Å². The number of nitrogens with zero attached hydrogens (tertiary/aromatic N) is 2. The highest BCUT2D eigenvalue weighted by Crippen LogP contribution is 2.24. The summed E-state index contributed by atoms with van der Waals surface area (Å²) in [6, 6.07) is 25.7. The molecule has 0 bridgehead atoms. The van der Waals surface area contributed by atoms with E-state index in [9.17, 15) is 9.59 Å². The normalized spacial score (nSPS) is 14.1. The summed E-state index contributed by atoms with van der Waals surface area (Å²) in [5, 5.41) is 2.96. The molecule has 176 valence electrons. The van der Waals surface area contributed by atoms with Crippen LogP contribution in [0.1, 0.15) is 42.3 Å². The van der Waals surface area contributed by atoms with E-state index in [0.29, 0.717) is 19.5 Å². The number of anilines is 2. The van der Waals surface area contributed by atoms with Gasteiger partial charge in [-0.2, -0.15) is 0 Å². The van der Waals surface area contributed by atoms with Crippen LogP contribution in [0.15, 0.2) is 78.9 Å². The molecule has 1 fully saturated rings. The highest BCUT2D eigenvalue weighted by molar-refractivity contribution is 5.94. The van der Waals surface area contributed by atoms with E-state index in [4.69, 9.17) is 0 Å². The molecule has 3 aromatic rings. The lowest BCUT2D eigenvalue weighted by Gasteiger charge is -2.36. The van der Waals surface area contributed by atoms with Crippen molar-refractivity contribution in [2.75, 3.05) is 36.4 Å². The van der Waals surface area contributed by atoms with E-state index in [1.165, 1.54) is 5.56 Å². The zero-order chi connectivity index (χ0) is 24.1. The van der Waals surface area contributed by atoms with Crippen LogP contribution < -0.4 is 10.2 Å². The number of hydrogen-bond donors (Lipinski definition) is 1. The summed E-state index contributed by atoms with van der Waals surface area (Å²) >= 11 is 0. The maximum atomic E-state index is 12.9. The number of hydrogen-bond acceptors (Lipinski definition) is 3. The molecule has 0 unspecified atom stereocenters. The van der Waals surface area contributed by atoms with Crippen LogP contribution >= 0.6 is 0 Å². The number of rotatable bonds is 5. The Morgan fingerprint density at radius 1 is 0.794 bits per heavy atom. The van der Waals surface area contributed by atoms with Crippen LogP contribution in [0.4, 0.5) is 11.4 Å². The predicted molar refractivity (Wildman–Crippen MR) is 138 cm³/mol. The third-order valence-electron chi connectivity index (χ3n) is 6.29. The van der Waals surface area contributed by atoms with Crippen molar-refractivity contribution in [1.82, 2.24) is 4.90 Å². The molecule has 3 aromatic carbocycles. The highest BCUT2D eigenvalue weighted by atomic mass is 16.2. The fourth-order valence-corrected chi connectivity index (χ4v) is 4.21. The molecule has 2 amide bonds. The molecule has 1 heterocycles. The number of benzene rings is 3. The van der Waals surface area contributed by atoms with Crippen molar-refractivity contribution < 1.29 is 9.59 Å². The summed E-state index contributed by atoms with van der Waals surface area (Å²) in [6.07, 6.45) is 0.359. The second-order valence-corrected chi connectivity index (χ2v) is 9.86. The van der Waals surface area contributed by atoms with E-state index in [1.54, 1.807) is 0 Å². The fraction of sp³-hybridized carbons (Fsp3) is 0.310. The van der Waals surface area contributed by atoms with Gasteiger partial charge in [-0.1, -0.05) is 63.2 Å². The largest absolute Gasteiger partial charge is 0.368 e. The molecule has 5 heteroatoms. The molecule has 1 aliphatic heterocycles. The molecule has 4 rings (SSSR count). The van der Waals surface area contributed by atoms with Gasteiger partial charge in [-0.15, -0.1) is 0 Å². The van der Waals surface area contributed by atoms with Crippen LogP contribution in [0, 0.1) is 0 Å². The third-order valence-corrected chi connectivity index (χ3v) is 6.29. The minimum Gasteiger partial charge on any atom is -0.368 e. The second-order valence-electron chi connectivity index (χ2n) is 9.86. The van der Waals surface area contributed by atoms with E-state index in [2.05, 4.69) is 43.1 Å². The number of carbonyl (C=O) groups is 2. The quantitative estimate of drug-likeness (QED) is 0.580. The Hall–Kier alpha value is -3.60. The van der Waals surface area contributed by atoms with Gasteiger partial charge < -0.3 is 15.1 Å². The molecule has 0 spiro atoms. The van der Waals surface area contributed by atoms with E-state index < -0.39 is 0 Å². The lowest BCUT2D eigenvalue weighted by atomic mass is 9.86. The van der Waals surface area contributed by atoms with E-state index in [-0.39, 0.29) is 17.2 Å². The Kier molecular flexibility index (Phi) is 7.01. The van der Waals surface area contributed by atoms with Crippen molar-refractivity contribution in [3.63, 3.8) is 0 Å². The number of nitrogens with one attached hydrogen (secondary N) is 1. The van der Waals surface area contributed by atoms with Crippen LogP contribution in [-0.2, 0) is 16.6 Å². The van der Waals surface area contributed by atoms with Gasteiger partial charge >= 0.3 is 0 Å². The Morgan fingerprint density at radius 2 is 1.41 bits per heavy atom. The van der Waals surface area contributed by atoms with Gasteiger partial charge in [-0.05, 0) is 52.9 Å². The number of carbonyl (C=O) groups excluding carboxylic acids is 2. The Bertz CT molecular complexity index is 1110. The third kappa shape index (κ3) is 5.84. The minimum absolute atomic E-state index is 0.0263. The Balaban J connectivity index is 1.29. The molecule has 1 aliphatic rings. The summed E-state index contributed by atoms with van der Waals surface area (Å²) in [5.74, 6) is 0.0678. The van der Waals surface area contributed by atoms with Gasteiger partial charge in [0.15, 0.2) is 0 Å². The van der Waals surface area contributed by atoms with Gasteiger partial charge in [-0.3, -0.25) is 9.59 Å². The van der Waals surface area contributed by atoms with Crippen molar-refractivity contribution in [3.8, 4) is 0 Å². The van der Waals surface area contributed by atoms with Crippen molar-refractivity contribution >= 4 is 23.2 Å².